The van der Waals surface area contributed by atoms with Gasteiger partial charge in [-0.3, -0.25) is 9.78 Å². The van der Waals surface area contributed by atoms with E-state index in [0.717, 1.165) is 24.8 Å². The van der Waals surface area contributed by atoms with Crippen molar-refractivity contribution in [3.8, 4) is 0 Å². The van der Waals surface area contributed by atoms with Crippen LogP contribution >= 0.6 is 0 Å². The standard InChI is InChI=1S/C12H16N2O2/c1-9-4-2-7-13-10(9)11(16)14-12(8-15)5-3-6-12/h2,4,7,15H,3,5-6,8H2,1H3,(H,14,16). The van der Waals surface area contributed by atoms with E-state index in [4.69, 9.17) is 0 Å². The molecule has 86 valence electrons. The monoisotopic (exact) mass is 220 g/mol. The molecule has 1 aromatic rings. The largest absolute Gasteiger partial charge is 0.394 e. The molecule has 1 amide bonds. The summed E-state index contributed by atoms with van der Waals surface area (Å²) in [7, 11) is 0. The van der Waals surface area contributed by atoms with Crippen molar-refractivity contribution < 1.29 is 9.90 Å². The lowest BCUT2D eigenvalue weighted by Gasteiger charge is -2.40. The fraction of sp³-hybridized carbons (Fsp3) is 0.500. The molecule has 1 heterocycles. The third-order valence-corrected chi connectivity index (χ3v) is 3.22. The Hall–Kier alpha value is -1.42. The zero-order valence-electron chi connectivity index (χ0n) is 9.36. The number of hydrogen-bond acceptors (Lipinski definition) is 3. The van der Waals surface area contributed by atoms with Crippen molar-refractivity contribution in [2.45, 2.75) is 31.7 Å². The minimum atomic E-state index is -0.402. The summed E-state index contributed by atoms with van der Waals surface area (Å²) in [5.41, 5.74) is 0.899. The highest BCUT2D eigenvalue weighted by Gasteiger charge is 2.38. The average molecular weight is 220 g/mol. The molecule has 4 nitrogen and oxygen atoms in total. The van der Waals surface area contributed by atoms with Gasteiger partial charge in [0.05, 0.1) is 12.1 Å². The summed E-state index contributed by atoms with van der Waals surface area (Å²) < 4.78 is 0. The Morgan fingerprint density at radius 1 is 1.62 bits per heavy atom. The van der Waals surface area contributed by atoms with Crippen molar-refractivity contribution in [1.29, 1.82) is 0 Å². The fourth-order valence-electron chi connectivity index (χ4n) is 1.95. The Morgan fingerprint density at radius 3 is 2.88 bits per heavy atom. The van der Waals surface area contributed by atoms with Gasteiger partial charge in [0.1, 0.15) is 5.69 Å². The van der Waals surface area contributed by atoms with E-state index in [2.05, 4.69) is 10.3 Å². The second-order valence-corrected chi connectivity index (χ2v) is 4.42. The van der Waals surface area contributed by atoms with E-state index in [9.17, 15) is 9.90 Å². The van der Waals surface area contributed by atoms with Crippen LogP contribution in [0.4, 0.5) is 0 Å². The summed E-state index contributed by atoms with van der Waals surface area (Å²) in [6.07, 6.45) is 4.36. The van der Waals surface area contributed by atoms with Gasteiger partial charge in [-0.1, -0.05) is 6.07 Å². The van der Waals surface area contributed by atoms with Gasteiger partial charge in [-0.2, -0.15) is 0 Å². The number of carbonyl (C=O) groups excluding carboxylic acids is 1. The first kappa shape index (κ1) is 11.1. The van der Waals surface area contributed by atoms with Crippen LogP contribution in [0.5, 0.6) is 0 Å². The second-order valence-electron chi connectivity index (χ2n) is 4.42. The van der Waals surface area contributed by atoms with Gasteiger partial charge in [0, 0.05) is 6.20 Å². The maximum Gasteiger partial charge on any atom is 0.270 e. The smallest absolute Gasteiger partial charge is 0.270 e. The number of aryl methyl sites for hydroxylation is 1. The lowest BCUT2D eigenvalue weighted by Crippen LogP contribution is -2.56. The minimum Gasteiger partial charge on any atom is -0.394 e. The predicted molar refractivity (Wildman–Crippen MR) is 60.1 cm³/mol. The molecule has 0 bridgehead atoms. The number of aromatic nitrogens is 1. The topological polar surface area (TPSA) is 62.2 Å². The third kappa shape index (κ3) is 1.93. The highest BCUT2D eigenvalue weighted by molar-refractivity contribution is 5.94. The summed E-state index contributed by atoms with van der Waals surface area (Å²) in [4.78, 5) is 16.0. The molecule has 1 aromatic heterocycles. The van der Waals surface area contributed by atoms with Crippen LogP contribution in [0, 0.1) is 6.92 Å². The van der Waals surface area contributed by atoms with Crippen LogP contribution in [-0.4, -0.2) is 28.1 Å². The molecule has 0 aliphatic heterocycles. The second kappa shape index (κ2) is 4.22. The SMILES string of the molecule is Cc1cccnc1C(=O)NC1(CO)CCC1. The average Bonchev–Trinajstić information content (AvgIpc) is 2.24. The van der Waals surface area contributed by atoms with Crippen molar-refractivity contribution in [3.05, 3.63) is 29.6 Å². The molecule has 0 saturated heterocycles. The highest BCUT2D eigenvalue weighted by Crippen LogP contribution is 2.31. The predicted octanol–water partition coefficient (Wildman–Crippen LogP) is 1.03. The maximum atomic E-state index is 11.9. The number of hydrogen-bond donors (Lipinski definition) is 2. The number of pyridine rings is 1. The zero-order valence-corrected chi connectivity index (χ0v) is 9.36. The molecule has 16 heavy (non-hydrogen) atoms. The molecule has 0 spiro atoms. The van der Waals surface area contributed by atoms with Gasteiger partial charge in [-0.05, 0) is 37.8 Å². The Balaban J connectivity index is 2.11. The molecule has 4 heteroatoms. The summed E-state index contributed by atoms with van der Waals surface area (Å²) in [5, 5.41) is 12.2. The van der Waals surface area contributed by atoms with Crippen molar-refractivity contribution in [3.63, 3.8) is 0 Å². The van der Waals surface area contributed by atoms with Crippen molar-refractivity contribution in [2.24, 2.45) is 0 Å². The van der Waals surface area contributed by atoms with Gasteiger partial charge in [0.15, 0.2) is 0 Å². The van der Waals surface area contributed by atoms with E-state index in [1.165, 1.54) is 0 Å². The third-order valence-electron chi connectivity index (χ3n) is 3.22. The Bertz CT molecular complexity index is 394. The lowest BCUT2D eigenvalue weighted by atomic mass is 9.77. The first-order valence-electron chi connectivity index (χ1n) is 5.52. The molecule has 2 N–H and O–H groups in total. The van der Waals surface area contributed by atoms with Gasteiger partial charge in [0.25, 0.3) is 5.91 Å². The van der Waals surface area contributed by atoms with Crippen LogP contribution in [0.2, 0.25) is 0 Å². The van der Waals surface area contributed by atoms with Crippen molar-refractivity contribution >= 4 is 5.91 Å². The number of rotatable bonds is 3. The van der Waals surface area contributed by atoms with Crippen molar-refractivity contribution in [1.82, 2.24) is 10.3 Å². The molecular weight excluding hydrogens is 204 g/mol. The van der Waals surface area contributed by atoms with E-state index in [0.29, 0.717) is 5.69 Å². The molecule has 0 atom stereocenters. The fourth-order valence-corrected chi connectivity index (χ4v) is 1.95. The number of aliphatic hydroxyl groups excluding tert-OH is 1. The Morgan fingerprint density at radius 2 is 2.38 bits per heavy atom. The molecule has 2 rings (SSSR count). The first-order chi connectivity index (χ1) is 7.67. The number of nitrogens with zero attached hydrogens (tertiary/aromatic N) is 1. The lowest BCUT2D eigenvalue weighted by molar-refractivity contribution is 0.0637. The van der Waals surface area contributed by atoms with Gasteiger partial charge < -0.3 is 10.4 Å². The number of aliphatic hydroxyl groups is 1. The van der Waals surface area contributed by atoms with E-state index < -0.39 is 5.54 Å². The van der Waals surface area contributed by atoms with Gasteiger partial charge in [-0.25, -0.2) is 0 Å². The van der Waals surface area contributed by atoms with Gasteiger partial charge in [0.2, 0.25) is 0 Å². The van der Waals surface area contributed by atoms with Gasteiger partial charge >= 0.3 is 0 Å². The molecule has 1 fully saturated rings. The van der Waals surface area contributed by atoms with Crippen LogP contribution in [0.25, 0.3) is 0 Å². The summed E-state index contributed by atoms with van der Waals surface area (Å²) in [5.74, 6) is -0.188. The molecule has 1 aliphatic carbocycles. The highest BCUT2D eigenvalue weighted by atomic mass is 16.3. The van der Waals surface area contributed by atoms with Crippen LogP contribution in [0.1, 0.15) is 35.3 Å². The summed E-state index contributed by atoms with van der Waals surface area (Å²) >= 11 is 0. The van der Waals surface area contributed by atoms with E-state index >= 15 is 0 Å². The Labute approximate surface area is 94.7 Å². The summed E-state index contributed by atoms with van der Waals surface area (Å²) in [6, 6.07) is 3.66. The quantitative estimate of drug-likeness (QED) is 0.800. The van der Waals surface area contributed by atoms with Gasteiger partial charge in [-0.15, -0.1) is 0 Å². The van der Waals surface area contributed by atoms with Crippen LogP contribution in [0.15, 0.2) is 18.3 Å². The van der Waals surface area contributed by atoms with Crippen molar-refractivity contribution in [2.75, 3.05) is 6.61 Å². The molecule has 1 saturated carbocycles. The number of amides is 1. The molecule has 1 aliphatic rings. The number of carbonyl (C=O) groups is 1. The maximum absolute atomic E-state index is 11.9. The van der Waals surface area contributed by atoms with E-state index in [1.807, 2.05) is 13.0 Å². The first-order valence-corrected chi connectivity index (χ1v) is 5.52. The summed E-state index contributed by atoms with van der Waals surface area (Å²) in [6.45, 7) is 1.86. The Kier molecular flexibility index (Phi) is 2.92. The molecule has 0 radical (unpaired) electrons. The van der Waals surface area contributed by atoms with Crippen LogP contribution < -0.4 is 5.32 Å². The minimum absolute atomic E-state index is 0.00458. The van der Waals surface area contributed by atoms with Crippen LogP contribution in [0.3, 0.4) is 0 Å². The molecular formula is C12H16N2O2. The molecule has 0 unspecified atom stereocenters. The van der Waals surface area contributed by atoms with E-state index in [1.54, 1.807) is 12.3 Å². The van der Waals surface area contributed by atoms with Crippen LogP contribution in [-0.2, 0) is 0 Å². The normalized spacial score (nSPS) is 17.6. The van der Waals surface area contributed by atoms with E-state index in [-0.39, 0.29) is 12.5 Å². The molecule has 0 aromatic carbocycles. The zero-order chi connectivity index (χ0) is 11.6. The number of nitrogens with one attached hydrogen (secondary N) is 1.